The van der Waals surface area contributed by atoms with Crippen LogP contribution in [0.2, 0.25) is 0 Å². The number of fused-ring (bicyclic) bond motifs is 1. The Morgan fingerprint density at radius 2 is 1.94 bits per heavy atom. The second-order valence-corrected chi connectivity index (χ2v) is 7.52. The van der Waals surface area contributed by atoms with Gasteiger partial charge in [0.1, 0.15) is 29.7 Å². The maximum absolute atomic E-state index is 13.8. The van der Waals surface area contributed by atoms with Gasteiger partial charge in [-0.2, -0.15) is 0 Å². The van der Waals surface area contributed by atoms with E-state index >= 15 is 0 Å². The number of pyridine rings is 1. The number of carbonyl (C=O) groups excluding carboxylic acids is 2. The molecule has 1 aromatic carbocycles. The van der Waals surface area contributed by atoms with Crippen LogP contribution in [0.1, 0.15) is 53.1 Å². The van der Waals surface area contributed by atoms with Crippen molar-refractivity contribution >= 4 is 11.8 Å². The van der Waals surface area contributed by atoms with Crippen molar-refractivity contribution in [3.05, 3.63) is 75.0 Å². The van der Waals surface area contributed by atoms with Crippen LogP contribution in [0.25, 0.3) is 0 Å². The molecule has 11 heteroatoms. The monoisotopic (exact) mass is 464 g/mol. The Bertz CT molecular complexity index is 1160. The number of allylic oxidation sites excluding steroid dienone is 1. The highest BCUT2D eigenvalue weighted by Crippen LogP contribution is 2.21. The maximum Gasteiger partial charge on any atom is 0.278 e. The first kappa shape index (κ1) is 23.9. The van der Waals surface area contributed by atoms with Gasteiger partial charge in [0.25, 0.3) is 11.8 Å². The van der Waals surface area contributed by atoms with Crippen LogP contribution in [0.4, 0.5) is 13.2 Å². The Morgan fingerprint density at radius 1 is 1.27 bits per heavy atom. The zero-order chi connectivity index (χ0) is 24.3. The van der Waals surface area contributed by atoms with Crippen LogP contribution in [-0.4, -0.2) is 39.2 Å². The molecule has 0 radical (unpaired) electrons. The SMILES string of the molecule is CCC/C=C\C(C)N1CNn2cc(C(=O)NCc3c(F)cc(F)cc3F)c(=O)c(O)c2C1=O. The van der Waals surface area contributed by atoms with E-state index in [1.54, 1.807) is 6.92 Å². The van der Waals surface area contributed by atoms with Crippen LogP contribution >= 0.6 is 0 Å². The lowest BCUT2D eigenvalue weighted by molar-refractivity contribution is 0.0688. The van der Waals surface area contributed by atoms with Crippen LogP contribution in [0.5, 0.6) is 5.75 Å². The van der Waals surface area contributed by atoms with E-state index in [2.05, 4.69) is 10.7 Å². The van der Waals surface area contributed by atoms with E-state index in [0.29, 0.717) is 12.1 Å². The molecule has 1 aliphatic rings. The summed E-state index contributed by atoms with van der Waals surface area (Å²) in [5.74, 6) is -6.10. The highest BCUT2D eigenvalue weighted by Gasteiger charge is 2.32. The number of hydrogen-bond donors (Lipinski definition) is 3. The van der Waals surface area contributed by atoms with Crippen molar-refractivity contribution in [2.45, 2.75) is 39.3 Å². The summed E-state index contributed by atoms with van der Waals surface area (Å²) in [6.45, 7) is 3.18. The fourth-order valence-electron chi connectivity index (χ4n) is 3.35. The third kappa shape index (κ3) is 4.86. The van der Waals surface area contributed by atoms with Gasteiger partial charge in [-0.25, -0.2) is 13.2 Å². The topological polar surface area (TPSA) is 104 Å². The van der Waals surface area contributed by atoms with Gasteiger partial charge in [0.05, 0.1) is 0 Å². The molecule has 0 aliphatic carbocycles. The average Bonchev–Trinajstić information content (AvgIpc) is 2.75. The van der Waals surface area contributed by atoms with E-state index in [9.17, 15) is 32.7 Å². The minimum atomic E-state index is -1.20. The Labute approximate surface area is 187 Å². The Hall–Kier alpha value is -3.76. The second kappa shape index (κ2) is 9.80. The molecule has 176 valence electrons. The van der Waals surface area contributed by atoms with Gasteiger partial charge in [0.2, 0.25) is 5.43 Å². The van der Waals surface area contributed by atoms with Gasteiger partial charge in [-0.05, 0) is 13.3 Å². The summed E-state index contributed by atoms with van der Waals surface area (Å²) in [5, 5.41) is 12.5. The number of benzene rings is 1. The predicted molar refractivity (Wildman–Crippen MR) is 114 cm³/mol. The van der Waals surface area contributed by atoms with Gasteiger partial charge in [-0.1, -0.05) is 25.5 Å². The summed E-state index contributed by atoms with van der Waals surface area (Å²) in [4.78, 5) is 39.3. The molecule has 2 aromatic rings. The second-order valence-electron chi connectivity index (χ2n) is 7.52. The molecule has 33 heavy (non-hydrogen) atoms. The minimum Gasteiger partial charge on any atom is -0.502 e. The van der Waals surface area contributed by atoms with Crippen molar-refractivity contribution in [3.8, 4) is 5.75 Å². The highest BCUT2D eigenvalue weighted by atomic mass is 19.1. The number of halogens is 3. The van der Waals surface area contributed by atoms with Crippen molar-refractivity contribution in [1.82, 2.24) is 14.9 Å². The Morgan fingerprint density at radius 3 is 2.58 bits per heavy atom. The summed E-state index contributed by atoms with van der Waals surface area (Å²) < 4.78 is 41.7. The molecule has 1 aromatic heterocycles. The van der Waals surface area contributed by atoms with E-state index in [0.717, 1.165) is 23.7 Å². The number of aromatic hydroxyl groups is 1. The zero-order valence-electron chi connectivity index (χ0n) is 18.0. The molecule has 3 N–H and O–H groups in total. The number of hydrogen-bond acceptors (Lipinski definition) is 5. The van der Waals surface area contributed by atoms with Crippen molar-refractivity contribution < 1.29 is 27.9 Å². The molecule has 1 atom stereocenters. The highest BCUT2D eigenvalue weighted by molar-refractivity contribution is 5.99. The molecule has 1 aliphatic heterocycles. The van der Waals surface area contributed by atoms with Gasteiger partial charge in [-0.15, -0.1) is 0 Å². The largest absolute Gasteiger partial charge is 0.502 e. The molecule has 0 saturated carbocycles. The van der Waals surface area contributed by atoms with Crippen LogP contribution < -0.4 is 16.2 Å². The molecular weight excluding hydrogens is 441 g/mol. The van der Waals surface area contributed by atoms with Crippen LogP contribution in [-0.2, 0) is 6.54 Å². The van der Waals surface area contributed by atoms with Gasteiger partial charge in [-0.3, -0.25) is 19.1 Å². The fourth-order valence-corrected chi connectivity index (χ4v) is 3.35. The number of amides is 2. The molecule has 3 rings (SSSR count). The van der Waals surface area contributed by atoms with E-state index in [1.165, 1.54) is 4.90 Å². The third-order valence-electron chi connectivity index (χ3n) is 5.20. The standard InChI is InChI=1S/C22H23F3N4O4/c1-3-4-5-6-12(2)28-11-27-29-10-15(19(30)20(31)18(29)22(28)33)21(32)26-9-14-16(24)7-13(23)8-17(14)25/h5-8,10,12,27,31H,3-4,9,11H2,1-2H3,(H,26,32)/b6-5-. The molecule has 2 heterocycles. The molecule has 0 saturated heterocycles. The quantitative estimate of drug-likeness (QED) is 0.547. The normalized spacial score (nSPS) is 14.2. The lowest BCUT2D eigenvalue weighted by Gasteiger charge is -2.34. The van der Waals surface area contributed by atoms with Crippen LogP contribution in [0.3, 0.4) is 0 Å². The first-order chi connectivity index (χ1) is 15.6. The summed E-state index contributed by atoms with van der Waals surface area (Å²) in [5.41, 5.74) is 0.216. The number of carbonyl (C=O) groups is 2. The van der Waals surface area contributed by atoms with Gasteiger partial charge < -0.3 is 20.7 Å². The first-order valence-electron chi connectivity index (χ1n) is 10.3. The minimum absolute atomic E-state index is 0.0405. The number of unbranched alkanes of at least 4 members (excludes halogenated alkanes) is 1. The fraction of sp³-hybridized carbons (Fsp3) is 0.318. The first-order valence-corrected chi connectivity index (χ1v) is 10.3. The lowest BCUT2D eigenvalue weighted by Crippen LogP contribution is -2.50. The van der Waals surface area contributed by atoms with Crippen molar-refractivity contribution in [3.63, 3.8) is 0 Å². The molecule has 0 bridgehead atoms. The third-order valence-corrected chi connectivity index (χ3v) is 5.20. The summed E-state index contributed by atoms with van der Waals surface area (Å²) in [6, 6.07) is 0.608. The summed E-state index contributed by atoms with van der Waals surface area (Å²) in [7, 11) is 0. The Kier molecular flexibility index (Phi) is 7.10. The van der Waals surface area contributed by atoms with E-state index in [-0.39, 0.29) is 18.4 Å². The van der Waals surface area contributed by atoms with Crippen molar-refractivity contribution in [1.29, 1.82) is 0 Å². The molecule has 1 unspecified atom stereocenters. The van der Waals surface area contributed by atoms with E-state index in [1.807, 2.05) is 19.1 Å². The maximum atomic E-state index is 13.8. The van der Waals surface area contributed by atoms with Crippen LogP contribution in [0, 0.1) is 17.5 Å². The number of nitrogens with zero attached hydrogens (tertiary/aromatic N) is 2. The van der Waals surface area contributed by atoms with Crippen molar-refractivity contribution in [2.24, 2.45) is 0 Å². The summed E-state index contributed by atoms with van der Waals surface area (Å²) in [6.07, 6.45) is 6.57. The van der Waals surface area contributed by atoms with Crippen molar-refractivity contribution in [2.75, 3.05) is 12.1 Å². The summed E-state index contributed by atoms with van der Waals surface area (Å²) >= 11 is 0. The zero-order valence-corrected chi connectivity index (χ0v) is 18.0. The lowest BCUT2D eigenvalue weighted by atomic mass is 10.1. The molecular formula is C22H23F3N4O4. The molecule has 2 amide bonds. The number of rotatable bonds is 7. The number of nitrogens with one attached hydrogen (secondary N) is 2. The molecule has 8 nitrogen and oxygen atoms in total. The van der Waals surface area contributed by atoms with Gasteiger partial charge in [0, 0.05) is 36.5 Å². The molecule has 0 fully saturated rings. The van der Waals surface area contributed by atoms with Gasteiger partial charge in [0.15, 0.2) is 11.4 Å². The van der Waals surface area contributed by atoms with E-state index < -0.39 is 58.1 Å². The average molecular weight is 464 g/mol. The number of aromatic nitrogens is 1. The van der Waals surface area contributed by atoms with Gasteiger partial charge >= 0.3 is 0 Å². The Balaban J connectivity index is 1.84. The van der Waals surface area contributed by atoms with Crippen LogP contribution in [0.15, 0.2) is 35.3 Å². The van der Waals surface area contributed by atoms with E-state index in [4.69, 9.17) is 0 Å². The predicted octanol–water partition coefficient (Wildman–Crippen LogP) is 2.60. The smallest absolute Gasteiger partial charge is 0.278 e. The molecule has 0 spiro atoms.